The lowest BCUT2D eigenvalue weighted by molar-refractivity contribution is 1.17. The number of benzene rings is 6. The second-order valence-corrected chi connectivity index (χ2v) is 12.2. The Bertz CT molecular complexity index is 2400. The summed E-state index contributed by atoms with van der Waals surface area (Å²) in [5, 5.41) is 14.4. The fourth-order valence-electron chi connectivity index (χ4n) is 6.95. The highest BCUT2D eigenvalue weighted by Gasteiger charge is 2.20. The molecule has 0 saturated heterocycles. The van der Waals surface area contributed by atoms with Gasteiger partial charge in [0.05, 0.1) is 33.7 Å². The van der Waals surface area contributed by atoms with Crippen LogP contribution in [-0.2, 0) is 11.5 Å². The summed E-state index contributed by atoms with van der Waals surface area (Å²) in [6.07, 6.45) is 0. The van der Waals surface area contributed by atoms with E-state index in [1.54, 1.807) is 0 Å². The van der Waals surface area contributed by atoms with Gasteiger partial charge in [0.1, 0.15) is 0 Å². The quantitative estimate of drug-likeness (QED) is 0.208. The smallest absolute Gasteiger partial charge is 0.0991 e. The van der Waals surface area contributed by atoms with Gasteiger partial charge in [0.15, 0.2) is 0 Å². The van der Waals surface area contributed by atoms with Crippen LogP contribution in [0.1, 0.15) is 16.7 Å². The molecule has 1 aliphatic rings. The van der Waals surface area contributed by atoms with Crippen molar-refractivity contribution in [1.82, 2.24) is 9.13 Å². The number of para-hydroxylation sites is 3. The molecule has 3 heterocycles. The SMILES string of the molecule is N#Cc1ccc2c(c1)c1ccccc1n2-c1ccc2c(c1)-c1cc(-n3c4ccccc4c4ccccc43)ccc1CSC2. The molecule has 0 spiro atoms. The highest BCUT2D eigenvalue weighted by Crippen LogP contribution is 2.41. The predicted octanol–water partition coefficient (Wildman–Crippen LogP) is 10.2. The number of nitrogens with zero attached hydrogens (tertiary/aromatic N) is 3. The maximum Gasteiger partial charge on any atom is 0.0991 e. The van der Waals surface area contributed by atoms with E-state index in [4.69, 9.17) is 0 Å². The van der Waals surface area contributed by atoms with Gasteiger partial charge in [-0.3, -0.25) is 0 Å². The van der Waals surface area contributed by atoms with Gasteiger partial charge < -0.3 is 9.13 Å². The molecule has 0 unspecified atom stereocenters. The minimum Gasteiger partial charge on any atom is -0.309 e. The second-order valence-electron chi connectivity index (χ2n) is 11.2. The minimum absolute atomic E-state index is 0.681. The molecule has 0 aliphatic carbocycles. The number of nitriles is 1. The third kappa shape index (κ3) is 3.62. The molecule has 0 fully saturated rings. The van der Waals surface area contributed by atoms with Gasteiger partial charge in [-0.25, -0.2) is 0 Å². The van der Waals surface area contributed by atoms with Crippen LogP contribution in [-0.4, -0.2) is 9.13 Å². The summed E-state index contributed by atoms with van der Waals surface area (Å²) in [4.78, 5) is 0. The zero-order valence-electron chi connectivity index (χ0n) is 23.3. The van der Waals surface area contributed by atoms with E-state index in [1.807, 2.05) is 23.9 Å². The topological polar surface area (TPSA) is 33.6 Å². The fraction of sp³-hybridized carbons (Fsp3) is 0.0513. The molecule has 0 radical (unpaired) electrons. The van der Waals surface area contributed by atoms with Crippen LogP contribution in [0.25, 0.3) is 66.1 Å². The van der Waals surface area contributed by atoms with Crippen LogP contribution in [0.15, 0.2) is 127 Å². The molecule has 8 aromatic rings. The lowest BCUT2D eigenvalue weighted by atomic mass is 9.95. The van der Waals surface area contributed by atoms with Crippen molar-refractivity contribution < 1.29 is 0 Å². The average Bonchev–Trinajstić information content (AvgIpc) is 3.50. The van der Waals surface area contributed by atoms with E-state index in [-0.39, 0.29) is 0 Å². The molecule has 9 rings (SSSR count). The third-order valence-electron chi connectivity index (χ3n) is 8.89. The van der Waals surface area contributed by atoms with Gasteiger partial charge in [-0.15, -0.1) is 0 Å². The summed E-state index contributed by atoms with van der Waals surface area (Å²) in [5.41, 5.74) is 13.0. The lowest BCUT2D eigenvalue weighted by Crippen LogP contribution is -1.99. The van der Waals surface area contributed by atoms with Crippen molar-refractivity contribution in [2.45, 2.75) is 11.5 Å². The minimum atomic E-state index is 0.681. The molecule has 3 nitrogen and oxygen atoms in total. The van der Waals surface area contributed by atoms with Crippen molar-refractivity contribution in [3.63, 3.8) is 0 Å². The largest absolute Gasteiger partial charge is 0.309 e. The van der Waals surface area contributed by atoms with E-state index in [9.17, 15) is 5.26 Å². The Balaban J connectivity index is 1.29. The Morgan fingerprint density at radius 3 is 1.47 bits per heavy atom. The van der Waals surface area contributed by atoms with Crippen molar-refractivity contribution in [1.29, 1.82) is 5.26 Å². The molecule has 2 aromatic heterocycles. The number of thioether (sulfide) groups is 1. The lowest BCUT2D eigenvalue weighted by Gasteiger charge is -2.16. The summed E-state index contributed by atoms with van der Waals surface area (Å²) >= 11 is 1.98. The van der Waals surface area contributed by atoms with Crippen molar-refractivity contribution >= 4 is 55.4 Å². The zero-order valence-corrected chi connectivity index (χ0v) is 24.1. The first-order chi connectivity index (χ1) is 21.3. The van der Waals surface area contributed by atoms with Gasteiger partial charge in [-0.2, -0.15) is 17.0 Å². The van der Waals surface area contributed by atoms with Crippen molar-refractivity contribution in [2.75, 3.05) is 0 Å². The first kappa shape index (κ1) is 24.4. The Morgan fingerprint density at radius 1 is 0.488 bits per heavy atom. The molecule has 43 heavy (non-hydrogen) atoms. The van der Waals surface area contributed by atoms with Crippen LogP contribution in [0.4, 0.5) is 0 Å². The van der Waals surface area contributed by atoms with Gasteiger partial charge in [0.2, 0.25) is 0 Å². The molecule has 0 saturated carbocycles. The summed E-state index contributed by atoms with van der Waals surface area (Å²) in [6.45, 7) is 0. The van der Waals surface area contributed by atoms with E-state index in [2.05, 4.69) is 130 Å². The summed E-state index contributed by atoms with van der Waals surface area (Å²) < 4.78 is 4.76. The molecular weight excluding hydrogens is 543 g/mol. The monoisotopic (exact) mass is 567 g/mol. The third-order valence-corrected chi connectivity index (χ3v) is 9.92. The molecule has 4 heteroatoms. The first-order valence-corrected chi connectivity index (χ1v) is 15.7. The van der Waals surface area contributed by atoms with E-state index in [0.29, 0.717) is 5.56 Å². The second kappa shape index (κ2) is 9.39. The van der Waals surface area contributed by atoms with Gasteiger partial charge in [-0.1, -0.05) is 66.7 Å². The van der Waals surface area contributed by atoms with Gasteiger partial charge >= 0.3 is 0 Å². The molecule has 0 bridgehead atoms. The zero-order chi connectivity index (χ0) is 28.5. The number of hydrogen-bond acceptors (Lipinski definition) is 2. The summed E-state index contributed by atoms with van der Waals surface area (Å²) in [5.74, 6) is 1.97. The summed E-state index contributed by atoms with van der Waals surface area (Å²) in [6, 6.07) is 48.2. The van der Waals surface area contributed by atoms with Crippen LogP contribution in [0.5, 0.6) is 0 Å². The maximum atomic E-state index is 9.59. The number of aromatic nitrogens is 2. The number of rotatable bonds is 2. The molecule has 6 aromatic carbocycles. The van der Waals surface area contributed by atoms with E-state index in [0.717, 1.165) is 39.0 Å². The maximum absolute atomic E-state index is 9.59. The van der Waals surface area contributed by atoms with Gasteiger partial charge in [0.25, 0.3) is 0 Å². The standard InChI is InChI=1S/C39H25N3S/c40-22-25-13-18-39-35(19-25)32-9-3-6-12-38(32)42(39)29-17-15-27-24-43-23-26-14-16-28(20-33(26)34(27)21-29)41-36-10-4-1-7-30(36)31-8-2-5-11-37(31)41/h1-21H,23-24H2. The Morgan fingerprint density at radius 2 is 0.953 bits per heavy atom. The van der Waals surface area contributed by atoms with Crippen molar-refractivity contribution in [2.24, 2.45) is 0 Å². The molecule has 0 atom stereocenters. The average molecular weight is 568 g/mol. The van der Waals surface area contributed by atoms with Gasteiger partial charge in [0, 0.05) is 44.4 Å². The van der Waals surface area contributed by atoms with E-state index < -0.39 is 0 Å². The van der Waals surface area contributed by atoms with Crippen LogP contribution in [0.3, 0.4) is 0 Å². The Hall–Kier alpha value is -5.24. The Kier molecular flexibility index (Phi) is 5.32. The van der Waals surface area contributed by atoms with E-state index >= 15 is 0 Å². The normalized spacial score (nSPS) is 12.8. The first-order valence-electron chi connectivity index (χ1n) is 14.5. The molecule has 1 aliphatic heterocycles. The van der Waals surface area contributed by atoms with Crippen LogP contribution >= 0.6 is 11.8 Å². The highest BCUT2D eigenvalue weighted by atomic mass is 32.2. The summed E-state index contributed by atoms with van der Waals surface area (Å²) in [7, 11) is 0. The van der Waals surface area contributed by atoms with Crippen LogP contribution in [0.2, 0.25) is 0 Å². The van der Waals surface area contributed by atoms with E-state index in [1.165, 1.54) is 49.7 Å². The highest BCUT2D eigenvalue weighted by molar-refractivity contribution is 7.97. The van der Waals surface area contributed by atoms with Crippen molar-refractivity contribution in [3.8, 4) is 28.6 Å². The molecular formula is C39H25N3S. The van der Waals surface area contributed by atoms with Crippen LogP contribution in [0, 0.1) is 11.3 Å². The van der Waals surface area contributed by atoms with Crippen molar-refractivity contribution in [3.05, 3.63) is 144 Å². The molecule has 202 valence electrons. The number of fused-ring (bicyclic) bond motifs is 9. The molecule has 0 amide bonds. The van der Waals surface area contributed by atoms with Crippen LogP contribution < -0.4 is 0 Å². The molecule has 0 N–H and O–H groups in total. The predicted molar refractivity (Wildman–Crippen MR) is 180 cm³/mol. The van der Waals surface area contributed by atoms with Gasteiger partial charge in [-0.05, 0) is 82.9 Å². The number of hydrogen-bond donors (Lipinski definition) is 0. The fourth-order valence-corrected chi connectivity index (χ4v) is 8.00. The Labute approximate surface area is 253 Å².